The number of fused-ring (bicyclic) bond motifs is 1. The number of nitrogens with two attached hydrogens (primary N) is 1. The summed E-state index contributed by atoms with van der Waals surface area (Å²) in [7, 11) is -3.82. The van der Waals surface area contributed by atoms with Crippen LogP contribution in [-0.4, -0.2) is 45.9 Å². The summed E-state index contributed by atoms with van der Waals surface area (Å²) in [5.74, 6) is 1.06. The van der Waals surface area contributed by atoms with Gasteiger partial charge in [0.2, 0.25) is 12.7 Å². The molecule has 1 atom stereocenters. The fraction of sp³-hybridized carbons (Fsp3) is 0.480. The number of halogens is 1. The van der Waals surface area contributed by atoms with Crippen molar-refractivity contribution < 1.29 is 32.2 Å². The number of nitrogen functional groups attached to an aromatic ring is 1. The van der Waals surface area contributed by atoms with Crippen molar-refractivity contribution in [2.24, 2.45) is 5.92 Å². The molecule has 3 N–H and O–H groups in total. The minimum atomic E-state index is -3.82. The molecular formula is C25H31FN5O7P. The summed E-state index contributed by atoms with van der Waals surface area (Å²) in [6.45, 7) is 0.197. The second-order valence-electron chi connectivity index (χ2n) is 9.42. The van der Waals surface area contributed by atoms with E-state index in [1.165, 1.54) is 24.9 Å². The van der Waals surface area contributed by atoms with Gasteiger partial charge in [0.05, 0.1) is 19.5 Å². The summed E-state index contributed by atoms with van der Waals surface area (Å²) >= 11 is 0. The summed E-state index contributed by atoms with van der Waals surface area (Å²) < 4.78 is 57.5. The number of hydrogen-bond acceptors (Lipinski definition) is 10. The van der Waals surface area contributed by atoms with Gasteiger partial charge in [-0.25, -0.2) is 9.37 Å². The third-order valence-electron chi connectivity index (χ3n) is 6.63. The number of nitrogens with zero attached hydrogens (tertiary/aromatic N) is 3. The van der Waals surface area contributed by atoms with Crippen molar-refractivity contribution in [3.05, 3.63) is 63.8 Å². The third-order valence-corrected chi connectivity index (χ3v) is 8.17. The van der Waals surface area contributed by atoms with E-state index in [9.17, 15) is 13.8 Å². The highest BCUT2D eigenvalue weighted by Gasteiger charge is 2.32. The Morgan fingerprint density at radius 2 is 2.00 bits per heavy atom. The largest absolute Gasteiger partial charge is 0.458 e. The van der Waals surface area contributed by atoms with Crippen LogP contribution in [0, 0.1) is 11.7 Å². The van der Waals surface area contributed by atoms with Gasteiger partial charge >= 0.3 is 7.60 Å². The van der Waals surface area contributed by atoms with Crippen LogP contribution in [0.2, 0.25) is 0 Å². The SMILES string of the molecule is Nc1nc2c(ncn2CCOCP(=O)(OCC2=C(C3CCCCC3)OCO2)OCc2cccc(F)c2)c(=O)[nH]1. The van der Waals surface area contributed by atoms with E-state index in [4.69, 9.17) is 29.0 Å². The number of anilines is 1. The number of ether oxygens (including phenoxy) is 3. The maximum atomic E-state index is 13.7. The van der Waals surface area contributed by atoms with Crippen molar-refractivity contribution in [3.63, 3.8) is 0 Å². The molecule has 0 saturated heterocycles. The van der Waals surface area contributed by atoms with Gasteiger partial charge in [-0.05, 0) is 30.5 Å². The van der Waals surface area contributed by atoms with E-state index in [-0.39, 0.29) is 56.9 Å². The van der Waals surface area contributed by atoms with Gasteiger partial charge < -0.3 is 29.0 Å². The lowest BCUT2D eigenvalue weighted by atomic mass is 9.87. The zero-order valence-corrected chi connectivity index (χ0v) is 22.2. The Balaban J connectivity index is 1.24. The van der Waals surface area contributed by atoms with Gasteiger partial charge in [-0.2, -0.15) is 4.98 Å². The maximum absolute atomic E-state index is 13.7. The Morgan fingerprint density at radius 1 is 1.18 bits per heavy atom. The fourth-order valence-corrected chi connectivity index (χ4v) is 5.92. The molecule has 210 valence electrons. The van der Waals surface area contributed by atoms with Gasteiger partial charge in [-0.1, -0.05) is 31.4 Å². The minimum absolute atomic E-state index is 0.0289. The maximum Gasteiger partial charge on any atom is 0.356 e. The molecule has 1 saturated carbocycles. The number of hydrogen-bond donors (Lipinski definition) is 2. The van der Waals surface area contributed by atoms with Crippen LogP contribution >= 0.6 is 7.60 Å². The third kappa shape index (κ3) is 6.85. The van der Waals surface area contributed by atoms with Crippen molar-refractivity contribution in [1.29, 1.82) is 0 Å². The number of nitrogens with one attached hydrogen (secondary N) is 1. The van der Waals surface area contributed by atoms with Crippen molar-refractivity contribution in [2.45, 2.75) is 45.3 Å². The van der Waals surface area contributed by atoms with Crippen molar-refractivity contribution in [1.82, 2.24) is 19.5 Å². The Labute approximate surface area is 223 Å². The van der Waals surface area contributed by atoms with Crippen molar-refractivity contribution in [2.75, 3.05) is 32.1 Å². The first kappa shape index (κ1) is 27.3. The van der Waals surface area contributed by atoms with E-state index < -0.39 is 19.0 Å². The molecule has 0 radical (unpaired) electrons. The smallest absolute Gasteiger partial charge is 0.356 e. The highest BCUT2D eigenvalue weighted by atomic mass is 31.2. The zero-order chi connectivity index (χ0) is 27.2. The molecule has 14 heteroatoms. The van der Waals surface area contributed by atoms with Gasteiger partial charge in [0.25, 0.3) is 5.56 Å². The predicted molar refractivity (Wildman–Crippen MR) is 139 cm³/mol. The molecule has 0 amide bonds. The normalized spacial score (nSPS) is 17.8. The number of benzene rings is 1. The Morgan fingerprint density at radius 3 is 2.82 bits per heavy atom. The second kappa shape index (κ2) is 12.3. The summed E-state index contributed by atoms with van der Waals surface area (Å²) in [6.07, 6.45) is 6.55. The molecule has 12 nitrogen and oxygen atoms in total. The topological polar surface area (TPSA) is 153 Å². The molecule has 3 aromatic rings. The van der Waals surface area contributed by atoms with E-state index in [2.05, 4.69) is 15.0 Å². The van der Waals surface area contributed by atoms with Gasteiger partial charge in [-0.15, -0.1) is 0 Å². The molecule has 5 rings (SSSR count). The van der Waals surface area contributed by atoms with Crippen LogP contribution in [0.1, 0.15) is 37.7 Å². The van der Waals surface area contributed by atoms with Gasteiger partial charge in [-0.3, -0.25) is 18.9 Å². The van der Waals surface area contributed by atoms with Crippen LogP contribution in [0.4, 0.5) is 10.3 Å². The molecule has 1 aliphatic heterocycles. The summed E-state index contributed by atoms with van der Waals surface area (Å²) in [5, 5.41) is 0. The van der Waals surface area contributed by atoms with E-state index in [1.54, 1.807) is 16.7 Å². The van der Waals surface area contributed by atoms with Crippen LogP contribution in [-0.2, 0) is 41.0 Å². The summed E-state index contributed by atoms with van der Waals surface area (Å²) in [6, 6.07) is 5.82. The average molecular weight is 564 g/mol. The molecule has 1 unspecified atom stereocenters. The van der Waals surface area contributed by atoms with Crippen LogP contribution in [0.15, 0.2) is 46.9 Å². The van der Waals surface area contributed by atoms with Crippen LogP contribution in [0.25, 0.3) is 11.2 Å². The molecule has 1 fully saturated rings. The summed E-state index contributed by atoms with van der Waals surface area (Å²) in [5.41, 5.74) is 6.16. The Kier molecular flexibility index (Phi) is 8.61. The number of aromatic nitrogens is 4. The number of allylic oxidation sites excluding steroid dienone is 1. The highest BCUT2D eigenvalue weighted by molar-refractivity contribution is 7.53. The highest BCUT2D eigenvalue weighted by Crippen LogP contribution is 2.50. The molecule has 39 heavy (non-hydrogen) atoms. The van der Waals surface area contributed by atoms with Crippen LogP contribution in [0.5, 0.6) is 0 Å². The molecule has 1 aliphatic carbocycles. The molecule has 0 bridgehead atoms. The fourth-order valence-electron chi connectivity index (χ4n) is 4.68. The number of aromatic amines is 1. The number of H-pyrrole nitrogens is 1. The van der Waals surface area contributed by atoms with E-state index >= 15 is 0 Å². The van der Waals surface area contributed by atoms with Gasteiger partial charge in [0, 0.05) is 12.5 Å². The average Bonchev–Trinajstić information content (AvgIpc) is 3.57. The molecule has 0 spiro atoms. The van der Waals surface area contributed by atoms with Crippen LogP contribution in [0.3, 0.4) is 0 Å². The monoisotopic (exact) mass is 563 g/mol. The lowest BCUT2D eigenvalue weighted by Gasteiger charge is -2.22. The predicted octanol–water partition coefficient (Wildman–Crippen LogP) is 4.04. The Bertz CT molecular complexity index is 1440. The molecule has 2 aliphatic rings. The Hall–Kier alpha value is -3.25. The second-order valence-corrected chi connectivity index (χ2v) is 11.4. The van der Waals surface area contributed by atoms with Gasteiger partial charge in [0.1, 0.15) is 24.5 Å². The number of imidazole rings is 1. The van der Waals surface area contributed by atoms with E-state index in [0.717, 1.165) is 31.4 Å². The quantitative estimate of drug-likeness (QED) is 0.244. The minimum Gasteiger partial charge on any atom is -0.458 e. The summed E-state index contributed by atoms with van der Waals surface area (Å²) in [4.78, 5) is 22.6. The molecule has 1 aromatic carbocycles. The first-order valence-corrected chi connectivity index (χ1v) is 14.5. The molecule has 3 heterocycles. The van der Waals surface area contributed by atoms with E-state index in [0.29, 0.717) is 17.0 Å². The zero-order valence-electron chi connectivity index (χ0n) is 21.3. The first-order chi connectivity index (χ1) is 18.9. The first-order valence-electron chi connectivity index (χ1n) is 12.8. The molecular weight excluding hydrogens is 532 g/mol. The lowest BCUT2D eigenvalue weighted by Crippen LogP contribution is -2.14. The standard InChI is InChI=1S/C25H31FN5O7P/c26-19-8-4-5-17(11-19)12-37-39(33,38-13-20-22(36-15-35-20)18-6-2-1-3-7-18)16-34-10-9-31-14-28-21-23(31)29-25(27)30-24(21)32/h4-5,8,11,14,18H,1-3,6-7,9-10,12-13,15-16H2,(H3,27,29,30,32). The van der Waals surface area contributed by atoms with E-state index in [1.807, 2.05) is 0 Å². The lowest BCUT2D eigenvalue weighted by molar-refractivity contribution is 0.0518. The molecule has 2 aromatic heterocycles. The van der Waals surface area contributed by atoms with Crippen molar-refractivity contribution >= 4 is 24.7 Å². The number of rotatable bonds is 12. The van der Waals surface area contributed by atoms with Crippen molar-refractivity contribution in [3.8, 4) is 0 Å². The van der Waals surface area contributed by atoms with Crippen LogP contribution < -0.4 is 11.3 Å². The van der Waals surface area contributed by atoms with Gasteiger partial charge in [0.15, 0.2) is 16.9 Å².